The van der Waals surface area contributed by atoms with Crippen LogP contribution in [0.25, 0.3) is 0 Å². The number of thiocarbonyl (C=S) groups is 1. The molecule has 5 heteroatoms. The predicted octanol–water partition coefficient (Wildman–Crippen LogP) is 2.82. The number of halogens is 1. The van der Waals surface area contributed by atoms with Gasteiger partial charge in [0.25, 0.3) is 0 Å². The largest absolute Gasteiger partial charge is 0.389 e. The van der Waals surface area contributed by atoms with Crippen LogP contribution in [0.3, 0.4) is 0 Å². The second-order valence-corrected chi connectivity index (χ2v) is 4.97. The summed E-state index contributed by atoms with van der Waals surface area (Å²) in [6.45, 7) is 2.61. The first-order valence-electron chi connectivity index (χ1n) is 6.30. The SMILES string of the molecule is Cc1cc(F)ccc1CCNc1cnccc1C(N)=S. The molecule has 1 heterocycles. The van der Waals surface area contributed by atoms with E-state index in [0.29, 0.717) is 11.5 Å². The van der Waals surface area contributed by atoms with Crippen LogP contribution in [0.2, 0.25) is 0 Å². The number of aromatic nitrogens is 1. The molecule has 0 saturated heterocycles. The second kappa shape index (κ2) is 6.43. The number of hydrogen-bond donors (Lipinski definition) is 2. The first-order valence-corrected chi connectivity index (χ1v) is 6.71. The molecular formula is C15H16FN3S. The Morgan fingerprint density at radius 1 is 1.40 bits per heavy atom. The lowest BCUT2D eigenvalue weighted by atomic mass is 10.1. The summed E-state index contributed by atoms with van der Waals surface area (Å²) in [5.41, 5.74) is 9.32. The first kappa shape index (κ1) is 14.4. The summed E-state index contributed by atoms with van der Waals surface area (Å²) < 4.78 is 13.0. The van der Waals surface area contributed by atoms with Crippen LogP contribution >= 0.6 is 12.2 Å². The van der Waals surface area contributed by atoms with Crippen molar-refractivity contribution in [2.45, 2.75) is 13.3 Å². The van der Waals surface area contributed by atoms with E-state index in [1.807, 2.05) is 13.0 Å². The Hall–Kier alpha value is -2.01. The van der Waals surface area contributed by atoms with E-state index in [1.165, 1.54) is 6.07 Å². The summed E-state index contributed by atoms with van der Waals surface area (Å²) in [7, 11) is 0. The fourth-order valence-corrected chi connectivity index (χ4v) is 2.20. The van der Waals surface area contributed by atoms with Gasteiger partial charge in [-0.15, -0.1) is 0 Å². The summed E-state index contributed by atoms with van der Waals surface area (Å²) in [5, 5.41) is 3.26. The molecule has 0 atom stereocenters. The molecule has 0 radical (unpaired) electrons. The van der Waals surface area contributed by atoms with Crippen LogP contribution in [0.1, 0.15) is 16.7 Å². The summed E-state index contributed by atoms with van der Waals surface area (Å²) in [5.74, 6) is -0.206. The number of nitrogens with two attached hydrogens (primary N) is 1. The zero-order chi connectivity index (χ0) is 14.5. The van der Waals surface area contributed by atoms with Gasteiger partial charge in [-0.1, -0.05) is 18.3 Å². The molecule has 0 spiro atoms. The molecule has 0 aliphatic rings. The van der Waals surface area contributed by atoms with Gasteiger partial charge in [0.05, 0.1) is 11.9 Å². The fraction of sp³-hybridized carbons (Fsp3) is 0.200. The number of hydrogen-bond acceptors (Lipinski definition) is 3. The molecule has 3 N–H and O–H groups in total. The number of benzene rings is 1. The minimum Gasteiger partial charge on any atom is -0.389 e. The van der Waals surface area contributed by atoms with Gasteiger partial charge in [0, 0.05) is 18.3 Å². The molecule has 0 aliphatic heterocycles. The molecule has 2 rings (SSSR count). The van der Waals surface area contributed by atoms with E-state index in [9.17, 15) is 4.39 Å². The highest BCUT2D eigenvalue weighted by Crippen LogP contribution is 2.14. The van der Waals surface area contributed by atoms with Gasteiger partial charge in [-0.3, -0.25) is 4.98 Å². The Morgan fingerprint density at radius 3 is 2.90 bits per heavy atom. The van der Waals surface area contributed by atoms with E-state index < -0.39 is 0 Å². The van der Waals surface area contributed by atoms with E-state index in [-0.39, 0.29) is 5.82 Å². The van der Waals surface area contributed by atoms with E-state index in [0.717, 1.165) is 28.8 Å². The number of pyridine rings is 1. The molecule has 0 fully saturated rings. The molecule has 0 aliphatic carbocycles. The zero-order valence-corrected chi connectivity index (χ0v) is 12.0. The topological polar surface area (TPSA) is 50.9 Å². The number of nitrogens with one attached hydrogen (secondary N) is 1. The number of rotatable bonds is 5. The molecule has 0 saturated carbocycles. The minimum absolute atomic E-state index is 0.206. The van der Waals surface area contributed by atoms with Crippen LogP contribution in [-0.4, -0.2) is 16.5 Å². The summed E-state index contributed by atoms with van der Waals surface area (Å²) in [6, 6.07) is 6.62. The van der Waals surface area contributed by atoms with E-state index in [4.69, 9.17) is 18.0 Å². The van der Waals surface area contributed by atoms with Gasteiger partial charge < -0.3 is 11.1 Å². The maximum absolute atomic E-state index is 13.0. The van der Waals surface area contributed by atoms with Crippen LogP contribution in [0.4, 0.5) is 10.1 Å². The third-order valence-electron chi connectivity index (χ3n) is 3.10. The van der Waals surface area contributed by atoms with Gasteiger partial charge >= 0.3 is 0 Å². The van der Waals surface area contributed by atoms with Crippen molar-refractivity contribution >= 4 is 22.9 Å². The van der Waals surface area contributed by atoms with E-state index in [2.05, 4.69) is 10.3 Å². The second-order valence-electron chi connectivity index (χ2n) is 4.53. The smallest absolute Gasteiger partial charge is 0.123 e. The van der Waals surface area contributed by atoms with E-state index >= 15 is 0 Å². The van der Waals surface area contributed by atoms with Crippen molar-refractivity contribution < 1.29 is 4.39 Å². The standard InChI is InChI=1S/C15H16FN3S/c1-10-8-12(16)3-2-11(10)4-7-19-14-9-18-6-5-13(14)15(17)20/h2-3,5-6,8-9,19H,4,7H2,1H3,(H2,17,20). The third-order valence-corrected chi connectivity index (χ3v) is 3.32. The molecular weight excluding hydrogens is 273 g/mol. The Labute approximate surface area is 123 Å². The highest BCUT2D eigenvalue weighted by Gasteiger charge is 2.05. The molecule has 1 aromatic heterocycles. The molecule has 20 heavy (non-hydrogen) atoms. The first-order chi connectivity index (χ1) is 9.58. The van der Waals surface area contributed by atoms with Crippen molar-refractivity contribution in [3.05, 3.63) is 59.2 Å². The summed E-state index contributed by atoms with van der Waals surface area (Å²) >= 11 is 5.00. The van der Waals surface area contributed by atoms with Gasteiger partial charge in [0.15, 0.2) is 0 Å². The third kappa shape index (κ3) is 3.51. The van der Waals surface area contributed by atoms with Crippen LogP contribution in [-0.2, 0) is 6.42 Å². The van der Waals surface area contributed by atoms with Crippen molar-refractivity contribution in [2.75, 3.05) is 11.9 Å². The van der Waals surface area contributed by atoms with Crippen molar-refractivity contribution in [2.24, 2.45) is 5.73 Å². The number of anilines is 1. The van der Waals surface area contributed by atoms with Gasteiger partial charge in [-0.05, 0) is 42.7 Å². The highest BCUT2D eigenvalue weighted by atomic mass is 32.1. The van der Waals surface area contributed by atoms with Gasteiger partial charge in [-0.25, -0.2) is 4.39 Å². The minimum atomic E-state index is -0.206. The predicted molar refractivity (Wildman–Crippen MR) is 83.5 cm³/mol. The lowest BCUT2D eigenvalue weighted by molar-refractivity contribution is 0.625. The van der Waals surface area contributed by atoms with Gasteiger partial charge in [-0.2, -0.15) is 0 Å². The lowest BCUT2D eigenvalue weighted by Gasteiger charge is -2.11. The van der Waals surface area contributed by atoms with Crippen LogP contribution < -0.4 is 11.1 Å². The van der Waals surface area contributed by atoms with Crippen molar-refractivity contribution in [3.63, 3.8) is 0 Å². The maximum atomic E-state index is 13.0. The molecule has 0 bridgehead atoms. The molecule has 2 aromatic rings. The monoisotopic (exact) mass is 289 g/mol. The normalized spacial score (nSPS) is 10.3. The van der Waals surface area contributed by atoms with Crippen molar-refractivity contribution in [3.8, 4) is 0 Å². The Kier molecular flexibility index (Phi) is 4.63. The Bertz CT molecular complexity index is 628. The Balaban J connectivity index is 2.01. The fourth-order valence-electron chi connectivity index (χ4n) is 2.02. The molecule has 1 aromatic carbocycles. The average Bonchev–Trinajstić information content (AvgIpc) is 2.41. The summed E-state index contributed by atoms with van der Waals surface area (Å²) in [6.07, 6.45) is 4.15. The zero-order valence-electron chi connectivity index (χ0n) is 11.2. The molecule has 3 nitrogen and oxygen atoms in total. The number of nitrogens with zero attached hydrogens (tertiary/aromatic N) is 1. The van der Waals surface area contributed by atoms with Gasteiger partial charge in [0.2, 0.25) is 0 Å². The molecule has 104 valence electrons. The lowest BCUT2D eigenvalue weighted by Crippen LogP contribution is -2.15. The maximum Gasteiger partial charge on any atom is 0.123 e. The van der Waals surface area contributed by atoms with Crippen LogP contribution in [0.5, 0.6) is 0 Å². The van der Waals surface area contributed by atoms with Crippen molar-refractivity contribution in [1.82, 2.24) is 4.98 Å². The summed E-state index contributed by atoms with van der Waals surface area (Å²) in [4.78, 5) is 4.40. The Morgan fingerprint density at radius 2 is 2.20 bits per heavy atom. The number of aryl methyl sites for hydroxylation is 1. The average molecular weight is 289 g/mol. The van der Waals surface area contributed by atoms with Crippen molar-refractivity contribution in [1.29, 1.82) is 0 Å². The van der Waals surface area contributed by atoms with Gasteiger partial charge in [0.1, 0.15) is 10.8 Å². The van der Waals surface area contributed by atoms with E-state index in [1.54, 1.807) is 24.5 Å². The molecule has 0 unspecified atom stereocenters. The highest BCUT2D eigenvalue weighted by molar-refractivity contribution is 7.80. The van der Waals surface area contributed by atoms with Crippen LogP contribution in [0, 0.1) is 12.7 Å². The quantitative estimate of drug-likeness (QED) is 0.831. The van der Waals surface area contributed by atoms with Crippen LogP contribution in [0.15, 0.2) is 36.7 Å². The molecule has 0 amide bonds.